The molecule has 4 nitrogen and oxygen atoms in total. The van der Waals surface area contributed by atoms with Crippen LogP contribution in [0, 0.1) is 12.7 Å². The number of likely N-dealkylation sites (N-methyl/N-ethyl adjacent to an activating group) is 1. The molecule has 1 unspecified atom stereocenters. The van der Waals surface area contributed by atoms with Crippen LogP contribution in [0.3, 0.4) is 0 Å². The summed E-state index contributed by atoms with van der Waals surface area (Å²) in [6, 6.07) is 15.9. The molecule has 0 bridgehead atoms. The second-order valence-electron chi connectivity index (χ2n) is 6.28. The zero-order valence-corrected chi connectivity index (χ0v) is 15.4. The van der Waals surface area contributed by atoms with E-state index in [0.717, 1.165) is 12.1 Å². The number of nitrogens with zero attached hydrogens (tertiary/aromatic N) is 2. The number of aryl methyl sites for hydroxylation is 1. The van der Waals surface area contributed by atoms with Gasteiger partial charge in [-0.25, -0.2) is 4.39 Å². The summed E-state index contributed by atoms with van der Waals surface area (Å²) in [5, 5.41) is 6.58. The Morgan fingerprint density at radius 1 is 1.12 bits per heavy atom. The predicted octanol–water partition coefficient (Wildman–Crippen LogP) is 3.10. The molecule has 0 aromatic heterocycles. The molecule has 0 aliphatic heterocycles. The number of nitrogens with one attached hydrogen (secondary N) is 2. The number of guanidine groups is 1. The number of hydrogen-bond donors (Lipinski definition) is 2. The molecule has 0 saturated heterocycles. The number of aliphatic imine (C=N–C) groups is 1. The second kappa shape index (κ2) is 9.18. The Morgan fingerprint density at radius 2 is 1.84 bits per heavy atom. The molecule has 0 aliphatic rings. The highest BCUT2D eigenvalue weighted by Crippen LogP contribution is 2.16. The van der Waals surface area contributed by atoms with Crippen molar-refractivity contribution in [1.82, 2.24) is 15.5 Å². The van der Waals surface area contributed by atoms with E-state index in [9.17, 15) is 4.39 Å². The van der Waals surface area contributed by atoms with Crippen LogP contribution in [0.15, 0.2) is 53.5 Å². The minimum Gasteiger partial charge on any atom is -0.354 e. The van der Waals surface area contributed by atoms with Gasteiger partial charge >= 0.3 is 0 Å². The van der Waals surface area contributed by atoms with Crippen molar-refractivity contribution in [3.8, 4) is 0 Å². The van der Waals surface area contributed by atoms with Crippen molar-refractivity contribution in [2.75, 3.05) is 27.7 Å². The quantitative estimate of drug-likeness (QED) is 0.626. The lowest BCUT2D eigenvalue weighted by atomic mass is 10.1. The molecule has 134 valence electrons. The van der Waals surface area contributed by atoms with Gasteiger partial charge in [0.05, 0.1) is 6.04 Å². The lowest BCUT2D eigenvalue weighted by Gasteiger charge is -2.26. The lowest BCUT2D eigenvalue weighted by Crippen LogP contribution is -2.41. The van der Waals surface area contributed by atoms with Gasteiger partial charge in [0.2, 0.25) is 0 Å². The third-order valence-electron chi connectivity index (χ3n) is 4.19. The highest BCUT2D eigenvalue weighted by molar-refractivity contribution is 5.79. The molecule has 2 aromatic rings. The smallest absolute Gasteiger partial charge is 0.191 e. The van der Waals surface area contributed by atoms with Crippen molar-refractivity contribution in [1.29, 1.82) is 0 Å². The van der Waals surface area contributed by atoms with Crippen molar-refractivity contribution >= 4 is 5.96 Å². The Hall–Kier alpha value is -2.40. The van der Waals surface area contributed by atoms with E-state index in [-0.39, 0.29) is 11.9 Å². The Morgan fingerprint density at radius 3 is 2.44 bits per heavy atom. The summed E-state index contributed by atoms with van der Waals surface area (Å²) < 4.78 is 13.6. The third kappa shape index (κ3) is 5.57. The number of rotatable bonds is 6. The molecular formula is C20H27FN4. The maximum absolute atomic E-state index is 13.6. The molecule has 0 radical (unpaired) electrons. The van der Waals surface area contributed by atoms with E-state index in [1.807, 2.05) is 24.3 Å². The van der Waals surface area contributed by atoms with Crippen molar-refractivity contribution in [3.63, 3.8) is 0 Å². The fourth-order valence-corrected chi connectivity index (χ4v) is 2.62. The van der Waals surface area contributed by atoms with Crippen molar-refractivity contribution in [2.24, 2.45) is 4.99 Å². The van der Waals surface area contributed by atoms with Crippen LogP contribution in [-0.2, 0) is 6.54 Å². The molecule has 0 spiro atoms. The maximum atomic E-state index is 13.6. The summed E-state index contributed by atoms with van der Waals surface area (Å²) in [6.07, 6.45) is 0. The number of hydrogen-bond acceptors (Lipinski definition) is 2. The van der Waals surface area contributed by atoms with Crippen LogP contribution in [0.25, 0.3) is 0 Å². The highest BCUT2D eigenvalue weighted by atomic mass is 19.1. The molecule has 0 aliphatic carbocycles. The van der Waals surface area contributed by atoms with E-state index in [2.05, 4.69) is 46.8 Å². The standard InChI is InChI=1S/C20H27FN4/c1-15-10-11-16(12-18(15)21)13-23-20(22-2)24-14-19(25(3)4)17-8-6-5-7-9-17/h5-12,19H,13-14H2,1-4H3,(H2,22,23,24). The number of benzene rings is 2. The normalized spacial score (nSPS) is 13.0. The fraction of sp³-hybridized carbons (Fsp3) is 0.350. The van der Waals surface area contributed by atoms with Crippen molar-refractivity contribution in [2.45, 2.75) is 19.5 Å². The third-order valence-corrected chi connectivity index (χ3v) is 4.19. The topological polar surface area (TPSA) is 39.7 Å². The van der Waals surface area contributed by atoms with E-state index in [0.29, 0.717) is 18.1 Å². The molecule has 2 aromatic carbocycles. The molecule has 0 fully saturated rings. The van der Waals surface area contributed by atoms with Gasteiger partial charge in [0.1, 0.15) is 5.82 Å². The summed E-state index contributed by atoms with van der Waals surface area (Å²) >= 11 is 0. The van der Waals surface area contributed by atoms with E-state index in [1.54, 1.807) is 26.1 Å². The molecule has 2 rings (SSSR count). The van der Waals surface area contributed by atoms with E-state index >= 15 is 0 Å². The van der Waals surface area contributed by atoms with Crippen LogP contribution in [0.2, 0.25) is 0 Å². The minimum absolute atomic E-state index is 0.181. The molecule has 0 heterocycles. The average molecular weight is 342 g/mol. The first-order valence-corrected chi connectivity index (χ1v) is 8.42. The minimum atomic E-state index is -0.181. The van der Waals surface area contributed by atoms with Gasteiger partial charge in [-0.15, -0.1) is 0 Å². The summed E-state index contributed by atoms with van der Waals surface area (Å²) in [7, 11) is 5.85. The van der Waals surface area contributed by atoms with Crippen LogP contribution in [0.1, 0.15) is 22.7 Å². The first-order chi connectivity index (χ1) is 12.0. The first kappa shape index (κ1) is 18.9. The molecule has 0 saturated carbocycles. The summed E-state index contributed by atoms with van der Waals surface area (Å²) in [5.74, 6) is 0.516. The SMILES string of the molecule is CN=C(NCc1ccc(C)c(F)c1)NCC(c1ccccc1)N(C)C. The second-order valence-corrected chi connectivity index (χ2v) is 6.28. The Labute approximate surface area is 149 Å². The summed E-state index contributed by atoms with van der Waals surface area (Å²) in [4.78, 5) is 6.42. The van der Waals surface area contributed by atoms with E-state index < -0.39 is 0 Å². The van der Waals surface area contributed by atoms with Gasteiger partial charge in [0.25, 0.3) is 0 Å². The van der Waals surface area contributed by atoms with Crippen LogP contribution in [0.5, 0.6) is 0 Å². The van der Waals surface area contributed by atoms with Gasteiger partial charge in [0, 0.05) is 20.1 Å². The molecule has 1 atom stereocenters. The van der Waals surface area contributed by atoms with Crippen LogP contribution in [0.4, 0.5) is 4.39 Å². The molecule has 0 amide bonds. The van der Waals surface area contributed by atoms with Gasteiger partial charge < -0.3 is 15.5 Å². The zero-order valence-electron chi connectivity index (χ0n) is 15.4. The molecule has 5 heteroatoms. The van der Waals surface area contributed by atoms with Crippen molar-refractivity contribution < 1.29 is 4.39 Å². The monoisotopic (exact) mass is 342 g/mol. The molecule has 25 heavy (non-hydrogen) atoms. The summed E-state index contributed by atoms with van der Waals surface area (Å²) in [5.41, 5.74) is 2.79. The average Bonchev–Trinajstić information content (AvgIpc) is 2.61. The highest BCUT2D eigenvalue weighted by Gasteiger charge is 2.14. The molecular weight excluding hydrogens is 315 g/mol. The Bertz CT molecular complexity index is 698. The zero-order chi connectivity index (χ0) is 18.2. The van der Waals surface area contributed by atoms with Crippen LogP contribution < -0.4 is 10.6 Å². The van der Waals surface area contributed by atoms with Gasteiger partial charge in [-0.2, -0.15) is 0 Å². The lowest BCUT2D eigenvalue weighted by molar-refractivity contribution is 0.298. The van der Waals surface area contributed by atoms with Crippen LogP contribution >= 0.6 is 0 Å². The Kier molecular flexibility index (Phi) is 6.95. The Balaban J connectivity index is 1.93. The largest absolute Gasteiger partial charge is 0.354 e. The first-order valence-electron chi connectivity index (χ1n) is 8.42. The fourth-order valence-electron chi connectivity index (χ4n) is 2.62. The van der Waals surface area contributed by atoms with Gasteiger partial charge in [-0.05, 0) is 43.8 Å². The van der Waals surface area contributed by atoms with Crippen LogP contribution in [-0.4, -0.2) is 38.5 Å². The maximum Gasteiger partial charge on any atom is 0.191 e. The van der Waals surface area contributed by atoms with E-state index in [4.69, 9.17) is 0 Å². The van der Waals surface area contributed by atoms with Gasteiger partial charge in [0.15, 0.2) is 5.96 Å². The van der Waals surface area contributed by atoms with Gasteiger partial charge in [-0.1, -0.05) is 42.5 Å². The van der Waals surface area contributed by atoms with Gasteiger partial charge in [-0.3, -0.25) is 4.99 Å². The van der Waals surface area contributed by atoms with Crippen molar-refractivity contribution in [3.05, 3.63) is 71.0 Å². The van der Waals surface area contributed by atoms with E-state index in [1.165, 1.54) is 5.56 Å². The molecule has 2 N–H and O–H groups in total. The summed E-state index contributed by atoms with van der Waals surface area (Å²) in [6.45, 7) is 3.01. The predicted molar refractivity (Wildman–Crippen MR) is 102 cm³/mol. The number of halogens is 1.